The van der Waals surface area contributed by atoms with E-state index in [2.05, 4.69) is 44.2 Å². The minimum atomic E-state index is 0.876. The van der Waals surface area contributed by atoms with E-state index in [0.29, 0.717) is 0 Å². The van der Waals surface area contributed by atoms with Crippen molar-refractivity contribution in [1.82, 2.24) is 0 Å². The number of hydrogen-bond donors (Lipinski definition) is 0. The topological polar surface area (TPSA) is 0 Å². The largest absolute Gasteiger partial charge is 0.0847 e. The van der Waals surface area contributed by atoms with E-state index >= 15 is 0 Å². The molecule has 1 aliphatic rings. The van der Waals surface area contributed by atoms with Crippen molar-refractivity contribution in [3.05, 3.63) is 36.0 Å². The summed E-state index contributed by atoms with van der Waals surface area (Å²) in [6.07, 6.45) is 15.1. The van der Waals surface area contributed by atoms with E-state index in [0.717, 1.165) is 5.92 Å². The summed E-state index contributed by atoms with van der Waals surface area (Å²) >= 11 is 0. The van der Waals surface area contributed by atoms with Crippen molar-refractivity contribution < 1.29 is 0 Å². The number of hydrogen-bond acceptors (Lipinski definition) is 0. The SMILES string of the molecule is C\C=C(C)/C=C\C=C\C1CCC1. The van der Waals surface area contributed by atoms with Gasteiger partial charge in [0.05, 0.1) is 0 Å². The standard InChI is InChI=1S/C12H18/c1-3-11(2)7-4-5-8-12-9-6-10-12/h3-5,7-8,12H,6,9-10H2,1-2H3/b7-4-,8-5+,11-3-. The number of rotatable bonds is 3. The molecule has 0 aromatic carbocycles. The molecular formula is C12H18. The van der Waals surface area contributed by atoms with Gasteiger partial charge in [-0.05, 0) is 32.6 Å². The highest BCUT2D eigenvalue weighted by atomic mass is 14.2. The molecule has 1 aliphatic carbocycles. The fraction of sp³-hybridized carbons (Fsp3) is 0.500. The maximum atomic E-state index is 2.32. The Labute approximate surface area is 75.7 Å². The molecule has 0 heterocycles. The third-order valence-corrected chi connectivity index (χ3v) is 2.46. The van der Waals surface area contributed by atoms with Crippen LogP contribution in [0.4, 0.5) is 0 Å². The van der Waals surface area contributed by atoms with Gasteiger partial charge in [-0.15, -0.1) is 0 Å². The first-order valence-electron chi connectivity index (χ1n) is 4.80. The van der Waals surface area contributed by atoms with E-state index < -0.39 is 0 Å². The predicted octanol–water partition coefficient (Wildman–Crippen LogP) is 3.87. The Balaban J connectivity index is 2.23. The summed E-state index contributed by atoms with van der Waals surface area (Å²) in [4.78, 5) is 0. The molecule has 0 unspecified atom stereocenters. The van der Waals surface area contributed by atoms with Gasteiger partial charge >= 0.3 is 0 Å². The van der Waals surface area contributed by atoms with Crippen molar-refractivity contribution in [1.29, 1.82) is 0 Å². The third-order valence-electron chi connectivity index (χ3n) is 2.46. The van der Waals surface area contributed by atoms with E-state index in [4.69, 9.17) is 0 Å². The van der Waals surface area contributed by atoms with Crippen LogP contribution in [0.2, 0.25) is 0 Å². The van der Waals surface area contributed by atoms with Crippen molar-refractivity contribution in [2.45, 2.75) is 33.1 Å². The quantitative estimate of drug-likeness (QED) is 0.553. The lowest BCUT2D eigenvalue weighted by molar-refractivity contribution is 0.388. The van der Waals surface area contributed by atoms with Crippen molar-refractivity contribution in [3.8, 4) is 0 Å². The van der Waals surface area contributed by atoms with Crippen LogP contribution in [0.5, 0.6) is 0 Å². The summed E-state index contributed by atoms with van der Waals surface area (Å²) in [6.45, 7) is 4.18. The second kappa shape index (κ2) is 4.97. The molecule has 0 aromatic rings. The predicted molar refractivity (Wildman–Crippen MR) is 55.1 cm³/mol. The van der Waals surface area contributed by atoms with E-state index in [1.165, 1.54) is 24.8 Å². The fourth-order valence-electron chi connectivity index (χ4n) is 1.16. The molecule has 0 saturated heterocycles. The van der Waals surface area contributed by atoms with Crippen LogP contribution in [-0.4, -0.2) is 0 Å². The highest BCUT2D eigenvalue weighted by molar-refractivity contribution is 5.19. The first kappa shape index (κ1) is 9.31. The van der Waals surface area contributed by atoms with Crippen LogP contribution in [0.15, 0.2) is 36.0 Å². The lowest BCUT2D eigenvalue weighted by Crippen LogP contribution is -2.06. The molecule has 66 valence electrons. The van der Waals surface area contributed by atoms with Crippen LogP contribution in [0.25, 0.3) is 0 Å². The molecule has 0 radical (unpaired) electrons. The summed E-state index contributed by atoms with van der Waals surface area (Å²) in [6, 6.07) is 0. The summed E-state index contributed by atoms with van der Waals surface area (Å²) in [7, 11) is 0. The van der Waals surface area contributed by atoms with Gasteiger partial charge in [-0.1, -0.05) is 42.4 Å². The maximum Gasteiger partial charge on any atom is -0.0230 e. The van der Waals surface area contributed by atoms with Gasteiger partial charge in [-0.25, -0.2) is 0 Å². The van der Waals surface area contributed by atoms with Crippen LogP contribution >= 0.6 is 0 Å². The first-order chi connectivity index (χ1) is 5.83. The van der Waals surface area contributed by atoms with E-state index in [1.54, 1.807) is 0 Å². The van der Waals surface area contributed by atoms with Gasteiger partial charge in [0.1, 0.15) is 0 Å². The van der Waals surface area contributed by atoms with Crippen LogP contribution in [0.3, 0.4) is 0 Å². The molecule has 1 saturated carbocycles. The van der Waals surface area contributed by atoms with Crippen LogP contribution < -0.4 is 0 Å². The van der Waals surface area contributed by atoms with Gasteiger partial charge < -0.3 is 0 Å². The molecule has 0 heteroatoms. The van der Waals surface area contributed by atoms with E-state index in [-0.39, 0.29) is 0 Å². The van der Waals surface area contributed by atoms with Crippen LogP contribution in [0.1, 0.15) is 33.1 Å². The Bertz CT molecular complexity index is 202. The Morgan fingerprint density at radius 1 is 1.25 bits per heavy atom. The second-order valence-electron chi connectivity index (χ2n) is 3.47. The zero-order valence-electron chi connectivity index (χ0n) is 8.09. The molecule has 0 aliphatic heterocycles. The average Bonchev–Trinajstić information content (AvgIpc) is 2.00. The molecule has 0 N–H and O–H groups in total. The summed E-state index contributed by atoms with van der Waals surface area (Å²) in [5.41, 5.74) is 1.33. The second-order valence-corrected chi connectivity index (χ2v) is 3.47. The number of allylic oxidation sites excluding steroid dienone is 6. The molecular weight excluding hydrogens is 144 g/mol. The Morgan fingerprint density at radius 2 is 2.00 bits per heavy atom. The van der Waals surface area contributed by atoms with Gasteiger partial charge in [0, 0.05) is 0 Å². The lowest BCUT2D eigenvalue weighted by Gasteiger charge is -2.20. The molecule has 0 amide bonds. The molecule has 12 heavy (non-hydrogen) atoms. The molecule has 0 atom stereocenters. The van der Waals surface area contributed by atoms with Gasteiger partial charge in [0.15, 0.2) is 0 Å². The van der Waals surface area contributed by atoms with Crippen molar-refractivity contribution in [3.63, 3.8) is 0 Å². The molecule has 0 spiro atoms. The van der Waals surface area contributed by atoms with Crippen LogP contribution in [0, 0.1) is 5.92 Å². The summed E-state index contributed by atoms with van der Waals surface area (Å²) in [5, 5.41) is 0. The van der Waals surface area contributed by atoms with E-state index in [9.17, 15) is 0 Å². The highest BCUT2D eigenvalue weighted by Gasteiger charge is 2.12. The van der Waals surface area contributed by atoms with Gasteiger partial charge in [-0.2, -0.15) is 0 Å². The van der Waals surface area contributed by atoms with Crippen molar-refractivity contribution >= 4 is 0 Å². The molecule has 0 nitrogen and oxygen atoms in total. The van der Waals surface area contributed by atoms with E-state index in [1.807, 2.05) is 0 Å². The Morgan fingerprint density at radius 3 is 2.50 bits per heavy atom. The van der Waals surface area contributed by atoms with Gasteiger partial charge in [0.25, 0.3) is 0 Å². The molecule has 0 bridgehead atoms. The molecule has 1 fully saturated rings. The fourth-order valence-corrected chi connectivity index (χ4v) is 1.16. The van der Waals surface area contributed by atoms with Gasteiger partial charge in [0.2, 0.25) is 0 Å². The molecule has 1 rings (SSSR count). The van der Waals surface area contributed by atoms with Crippen LogP contribution in [-0.2, 0) is 0 Å². The van der Waals surface area contributed by atoms with Crippen molar-refractivity contribution in [2.75, 3.05) is 0 Å². The minimum absolute atomic E-state index is 0.876. The average molecular weight is 162 g/mol. The highest BCUT2D eigenvalue weighted by Crippen LogP contribution is 2.27. The Hall–Kier alpha value is -0.780. The lowest BCUT2D eigenvalue weighted by atomic mass is 9.85. The zero-order valence-corrected chi connectivity index (χ0v) is 8.09. The summed E-state index contributed by atoms with van der Waals surface area (Å²) in [5.74, 6) is 0.876. The Kier molecular flexibility index (Phi) is 3.86. The van der Waals surface area contributed by atoms with Crippen molar-refractivity contribution in [2.24, 2.45) is 5.92 Å². The molecule has 0 aromatic heterocycles. The smallest absolute Gasteiger partial charge is 0.0230 e. The monoisotopic (exact) mass is 162 g/mol. The zero-order chi connectivity index (χ0) is 8.81. The first-order valence-corrected chi connectivity index (χ1v) is 4.80. The summed E-state index contributed by atoms with van der Waals surface area (Å²) < 4.78 is 0. The normalized spacial score (nSPS) is 20.7. The minimum Gasteiger partial charge on any atom is -0.0847 e. The maximum absolute atomic E-state index is 2.32. The third kappa shape index (κ3) is 3.08. The van der Waals surface area contributed by atoms with Gasteiger partial charge in [-0.3, -0.25) is 0 Å².